The predicted octanol–water partition coefficient (Wildman–Crippen LogP) is 2.09. The minimum absolute atomic E-state index is 0.236. The number of aromatic nitrogens is 2. The molecule has 4 nitrogen and oxygen atoms in total. The molecule has 0 aliphatic heterocycles. The van der Waals surface area contributed by atoms with Gasteiger partial charge >= 0.3 is 5.84 Å². The number of rotatable bonds is 0. The Morgan fingerprint density at radius 2 is 2.29 bits per heavy atom. The summed E-state index contributed by atoms with van der Waals surface area (Å²) in [5, 5.41) is 9.36. The first-order valence-corrected chi connectivity index (χ1v) is 4.31. The number of aryl methyl sites for hydroxylation is 1. The van der Waals surface area contributed by atoms with Gasteiger partial charge in [0.15, 0.2) is 0 Å². The zero-order chi connectivity index (χ0) is 9.71. The second-order valence-electron chi connectivity index (χ2n) is 3.28. The lowest BCUT2D eigenvalue weighted by molar-refractivity contribution is 0.476. The van der Waals surface area contributed by atoms with Crippen LogP contribution < -0.4 is 0 Å². The molecule has 0 saturated carbocycles. The monoisotopic (exact) mass is 188 g/mol. The van der Waals surface area contributed by atoms with E-state index in [1.165, 1.54) is 0 Å². The Kier molecular flexibility index (Phi) is 1.21. The number of benzene rings is 1. The summed E-state index contributed by atoms with van der Waals surface area (Å²) in [4.78, 5) is 4.26. The standard InChI is InChI=1S/C10H8N2O2/c1-6-5-14-10-11-8-3-2-7(13)4-9(8)12(6)10/h2-5,13H,1H3. The number of phenolic OH excluding ortho intramolecular Hbond substituents is 1. The van der Waals surface area contributed by atoms with Gasteiger partial charge in [0.1, 0.15) is 12.0 Å². The molecule has 2 heterocycles. The van der Waals surface area contributed by atoms with E-state index in [1.54, 1.807) is 24.5 Å². The van der Waals surface area contributed by atoms with Crippen molar-refractivity contribution in [2.75, 3.05) is 0 Å². The van der Waals surface area contributed by atoms with E-state index >= 15 is 0 Å². The van der Waals surface area contributed by atoms with Crippen LogP contribution in [0.4, 0.5) is 0 Å². The van der Waals surface area contributed by atoms with Crippen molar-refractivity contribution in [3.8, 4) is 5.75 Å². The van der Waals surface area contributed by atoms with Crippen LogP contribution in [0.25, 0.3) is 16.9 Å². The third-order valence-electron chi connectivity index (χ3n) is 2.29. The third kappa shape index (κ3) is 0.797. The Balaban J connectivity index is 2.61. The minimum Gasteiger partial charge on any atom is -0.508 e. The van der Waals surface area contributed by atoms with Crippen molar-refractivity contribution in [3.05, 3.63) is 30.2 Å². The van der Waals surface area contributed by atoms with Crippen LogP contribution in [0.1, 0.15) is 5.69 Å². The number of imidazole rings is 1. The molecule has 4 heteroatoms. The molecule has 2 aromatic heterocycles. The summed E-state index contributed by atoms with van der Waals surface area (Å²) in [6.45, 7) is 1.93. The van der Waals surface area contributed by atoms with Crippen LogP contribution >= 0.6 is 0 Å². The fourth-order valence-corrected chi connectivity index (χ4v) is 1.65. The lowest BCUT2D eigenvalue weighted by Crippen LogP contribution is -1.81. The highest BCUT2D eigenvalue weighted by atomic mass is 16.3. The highest BCUT2D eigenvalue weighted by Crippen LogP contribution is 2.23. The van der Waals surface area contributed by atoms with Crippen LogP contribution in [-0.4, -0.2) is 14.5 Å². The van der Waals surface area contributed by atoms with E-state index in [9.17, 15) is 5.11 Å². The molecule has 0 radical (unpaired) electrons. The SMILES string of the molecule is Cc1coc2nc3ccc(O)cc3n12. The van der Waals surface area contributed by atoms with Crippen molar-refractivity contribution in [3.63, 3.8) is 0 Å². The summed E-state index contributed by atoms with van der Waals surface area (Å²) >= 11 is 0. The number of fused-ring (bicyclic) bond motifs is 3. The van der Waals surface area contributed by atoms with Crippen LogP contribution in [-0.2, 0) is 0 Å². The summed E-state index contributed by atoms with van der Waals surface area (Å²) in [6.07, 6.45) is 1.64. The van der Waals surface area contributed by atoms with E-state index in [0.717, 1.165) is 16.7 Å². The molecule has 1 N–H and O–H groups in total. The quantitative estimate of drug-likeness (QED) is 0.587. The zero-order valence-electron chi connectivity index (χ0n) is 7.56. The van der Waals surface area contributed by atoms with E-state index in [1.807, 2.05) is 11.3 Å². The lowest BCUT2D eigenvalue weighted by Gasteiger charge is -1.93. The molecule has 14 heavy (non-hydrogen) atoms. The van der Waals surface area contributed by atoms with Gasteiger partial charge in [0.2, 0.25) is 0 Å². The van der Waals surface area contributed by atoms with Crippen molar-refractivity contribution in [1.82, 2.24) is 9.38 Å². The number of nitrogens with zero attached hydrogens (tertiary/aromatic N) is 2. The van der Waals surface area contributed by atoms with Gasteiger partial charge in [-0.3, -0.25) is 4.40 Å². The van der Waals surface area contributed by atoms with Crippen LogP contribution in [0, 0.1) is 6.92 Å². The molecule has 70 valence electrons. The highest BCUT2D eigenvalue weighted by molar-refractivity contribution is 5.80. The topological polar surface area (TPSA) is 50.7 Å². The van der Waals surface area contributed by atoms with Gasteiger partial charge in [0.25, 0.3) is 0 Å². The fraction of sp³-hybridized carbons (Fsp3) is 0.100. The molecule has 0 aliphatic rings. The molecule has 0 fully saturated rings. The van der Waals surface area contributed by atoms with Crippen LogP contribution in [0.15, 0.2) is 28.9 Å². The van der Waals surface area contributed by atoms with Crippen molar-refractivity contribution >= 4 is 16.9 Å². The molecular formula is C10H8N2O2. The number of hydrogen-bond donors (Lipinski definition) is 1. The Morgan fingerprint density at radius 3 is 3.14 bits per heavy atom. The number of aromatic hydroxyl groups is 1. The number of phenols is 1. The molecule has 1 aromatic carbocycles. The first kappa shape index (κ1) is 7.44. The summed E-state index contributed by atoms with van der Waals surface area (Å²) in [7, 11) is 0. The maximum atomic E-state index is 9.36. The Morgan fingerprint density at radius 1 is 1.43 bits per heavy atom. The van der Waals surface area contributed by atoms with Gasteiger partial charge in [-0.15, -0.1) is 0 Å². The second kappa shape index (κ2) is 2.29. The molecular weight excluding hydrogens is 180 g/mol. The Hall–Kier alpha value is -1.97. The highest BCUT2D eigenvalue weighted by Gasteiger charge is 2.09. The van der Waals surface area contributed by atoms with Crippen molar-refractivity contribution in [1.29, 1.82) is 0 Å². The number of hydrogen-bond acceptors (Lipinski definition) is 3. The van der Waals surface area contributed by atoms with E-state index in [4.69, 9.17) is 4.42 Å². The Bertz CT molecular complexity index is 621. The second-order valence-corrected chi connectivity index (χ2v) is 3.28. The van der Waals surface area contributed by atoms with Gasteiger partial charge in [0, 0.05) is 6.07 Å². The van der Waals surface area contributed by atoms with Gasteiger partial charge < -0.3 is 9.52 Å². The number of oxazole rings is 1. The molecule has 3 aromatic rings. The average Bonchev–Trinajstić information content (AvgIpc) is 2.67. The molecule has 0 atom stereocenters. The molecule has 0 saturated heterocycles. The van der Waals surface area contributed by atoms with Gasteiger partial charge in [-0.2, -0.15) is 4.98 Å². The average molecular weight is 188 g/mol. The third-order valence-corrected chi connectivity index (χ3v) is 2.29. The minimum atomic E-state index is 0.236. The van der Waals surface area contributed by atoms with Gasteiger partial charge in [-0.1, -0.05) is 0 Å². The maximum absolute atomic E-state index is 9.36. The van der Waals surface area contributed by atoms with E-state index in [0.29, 0.717) is 5.84 Å². The largest absolute Gasteiger partial charge is 0.508 e. The summed E-state index contributed by atoms with van der Waals surface area (Å²) in [6, 6.07) is 5.06. The normalized spacial score (nSPS) is 11.5. The van der Waals surface area contributed by atoms with Gasteiger partial charge in [0.05, 0.1) is 16.7 Å². The van der Waals surface area contributed by atoms with Crippen LogP contribution in [0.2, 0.25) is 0 Å². The maximum Gasteiger partial charge on any atom is 0.306 e. The smallest absolute Gasteiger partial charge is 0.306 e. The van der Waals surface area contributed by atoms with Crippen LogP contribution in [0.3, 0.4) is 0 Å². The zero-order valence-corrected chi connectivity index (χ0v) is 7.56. The first-order chi connectivity index (χ1) is 6.75. The van der Waals surface area contributed by atoms with Crippen molar-refractivity contribution in [2.45, 2.75) is 6.92 Å². The summed E-state index contributed by atoms with van der Waals surface area (Å²) < 4.78 is 7.11. The van der Waals surface area contributed by atoms with E-state index in [2.05, 4.69) is 4.98 Å². The predicted molar refractivity (Wildman–Crippen MR) is 51.4 cm³/mol. The van der Waals surface area contributed by atoms with Gasteiger partial charge in [-0.05, 0) is 19.1 Å². The van der Waals surface area contributed by atoms with Crippen molar-refractivity contribution < 1.29 is 9.52 Å². The summed E-state index contributed by atoms with van der Waals surface area (Å²) in [5.74, 6) is 0.794. The Labute approximate surface area is 79.4 Å². The first-order valence-electron chi connectivity index (χ1n) is 4.31. The van der Waals surface area contributed by atoms with E-state index in [-0.39, 0.29) is 5.75 Å². The van der Waals surface area contributed by atoms with E-state index < -0.39 is 0 Å². The summed E-state index contributed by atoms with van der Waals surface area (Å²) in [5.41, 5.74) is 2.66. The molecule has 3 rings (SSSR count). The molecule has 0 unspecified atom stereocenters. The molecule has 0 amide bonds. The van der Waals surface area contributed by atoms with Crippen LogP contribution in [0.5, 0.6) is 5.75 Å². The lowest BCUT2D eigenvalue weighted by atomic mass is 10.3. The van der Waals surface area contributed by atoms with Crippen molar-refractivity contribution in [2.24, 2.45) is 0 Å². The molecule has 0 aliphatic carbocycles. The molecule has 0 bridgehead atoms. The fourth-order valence-electron chi connectivity index (χ4n) is 1.65. The molecule has 0 spiro atoms. The van der Waals surface area contributed by atoms with Gasteiger partial charge in [-0.25, -0.2) is 0 Å².